The molecule has 1 aliphatic heterocycles. The fourth-order valence-corrected chi connectivity index (χ4v) is 4.56. The standard InChI is InChI=1S/C21H26N2O4/c24-19(22-17-9-8-14-4-3-5-15(14)10-17)13-27-21(26)16-11-20(25)23(12-16)18-6-1-2-7-18/h8-10,16,18H,1-7,11-13H2,(H,22,24)/t16-/m1/s1. The summed E-state index contributed by atoms with van der Waals surface area (Å²) < 4.78 is 5.18. The number of hydrogen-bond donors (Lipinski definition) is 1. The third kappa shape index (κ3) is 3.99. The van der Waals surface area contributed by atoms with Crippen LogP contribution in [0.5, 0.6) is 0 Å². The number of nitrogens with one attached hydrogen (secondary N) is 1. The summed E-state index contributed by atoms with van der Waals surface area (Å²) >= 11 is 0. The molecule has 1 saturated carbocycles. The molecular weight excluding hydrogens is 344 g/mol. The second-order valence-electron chi connectivity index (χ2n) is 7.88. The molecule has 27 heavy (non-hydrogen) atoms. The Kier molecular flexibility index (Phi) is 5.14. The first-order valence-corrected chi connectivity index (χ1v) is 9.98. The molecule has 3 aliphatic rings. The van der Waals surface area contributed by atoms with Crippen LogP contribution in [-0.2, 0) is 32.0 Å². The number of fused-ring (bicyclic) bond motifs is 1. The highest BCUT2D eigenvalue weighted by molar-refractivity contribution is 5.93. The van der Waals surface area contributed by atoms with Crippen LogP contribution >= 0.6 is 0 Å². The number of likely N-dealkylation sites (tertiary alicyclic amines) is 1. The molecule has 0 bridgehead atoms. The zero-order valence-corrected chi connectivity index (χ0v) is 15.5. The van der Waals surface area contributed by atoms with Gasteiger partial charge in [-0.1, -0.05) is 18.9 Å². The van der Waals surface area contributed by atoms with Gasteiger partial charge in [0.1, 0.15) is 0 Å². The number of ether oxygens (including phenoxy) is 1. The molecule has 144 valence electrons. The van der Waals surface area contributed by atoms with Crippen molar-refractivity contribution >= 4 is 23.5 Å². The minimum Gasteiger partial charge on any atom is -0.455 e. The smallest absolute Gasteiger partial charge is 0.311 e. The summed E-state index contributed by atoms with van der Waals surface area (Å²) in [6, 6.07) is 6.21. The normalized spacial score (nSPS) is 22.1. The number of hydrogen-bond acceptors (Lipinski definition) is 4. The van der Waals surface area contributed by atoms with Crippen LogP contribution in [0.4, 0.5) is 5.69 Å². The average Bonchev–Trinajstić information content (AvgIpc) is 3.39. The van der Waals surface area contributed by atoms with E-state index < -0.39 is 11.9 Å². The van der Waals surface area contributed by atoms with Crippen molar-refractivity contribution in [3.05, 3.63) is 29.3 Å². The van der Waals surface area contributed by atoms with Crippen molar-refractivity contribution in [3.63, 3.8) is 0 Å². The lowest BCUT2D eigenvalue weighted by molar-refractivity contribution is -0.151. The highest BCUT2D eigenvalue weighted by Crippen LogP contribution is 2.30. The Balaban J connectivity index is 1.25. The molecule has 0 unspecified atom stereocenters. The molecule has 1 saturated heterocycles. The van der Waals surface area contributed by atoms with Crippen molar-refractivity contribution in [2.75, 3.05) is 18.5 Å². The molecule has 6 heteroatoms. The second kappa shape index (κ2) is 7.71. The predicted molar refractivity (Wildman–Crippen MR) is 100 cm³/mol. The third-order valence-electron chi connectivity index (χ3n) is 5.99. The number of anilines is 1. The van der Waals surface area contributed by atoms with E-state index in [1.807, 2.05) is 23.1 Å². The van der Waals surface area contributed by atoms with Crippen molar-refractivity contribution in [2.24, 2.45) is 5.92 Å². The molecule has 0 radical (unpaired) electrons. The summed E-state index contributed by atoms with van der Waals surface area (Å²) in [6.07, 6.45) is 7.83. The number of amides is 2. The number of esters is 1. The molecule has 1 N–H and O–H groups in total. The molecule has 1 atom stereocenters. The van der Waals surface area contributed by atoms with E-state index in [2.05, 4.69) is 5.32 Å². The number of carbonyl (C=O) groups is 3. The summed E-state index contributed by atoms with van der Waals surface area (Å²) in [5.74, 6) is -1.22. The van der Waals surface area contributed by atoms with Crippen molar-refractivity contribution in [1.82, 2.24) is 4.90 Å². The van der Waals surface area contributed by atoms with E-state index in [1.165, 1.54) is 11.1 Å². The van der Waals surface area contributed by atoms with Crippen LogP contribution in [0, 0.1) is 5.92 Å². The predicted octanol–water partition coefficient (Wildman–Crippen LogP) is 2.45. The Bertz CT molecular complexity index is 755. The number of carbonyl (C=O) groups excluding carboxylic acids is 3. The minimum atomic E-state index is -0.453. The molecular formula is C21H26N2O4. The molecule has 0 spiro atoms. The SMILES string of the molecule is O=C(COC(=O)[C@@H]1CC(=O)N(C2CCCC2)C1)Nc1ccc2c(c1)CCC2. The van der Waals surface area contributed by atoms with Gasteiger partial charge in [0, 0.05) is 24.7 Å². The van der Waals surface area contributed by atoms with Crippen LogP contribution in [-0.4, -0.2) is 41.9 Å². The second-order valence-corrected chi connectivity index (χ2v) is 7.88. The Morgan fingerprint density at radius 2 is 1.89 bits per heavy atom. The van der Waals surface area contributed by atoms with Gasteiger partial charge in [-0.2, -0.15) is 0 Å². The first-order chi connectivity index (χ1) is 13.1. The monoisotopic (exact) mass is 370 g/mol. The average molecular weight is 370 g/mol. The molecule has 1 aromatic rings. The first kappa shape index (κ1) is 18.0. The molecule has 1 aromatic carbocycles. The summed E-state index contributed by atoms with van der Waals surface area (Å²) in [5, 5.41) is 2.79. The molecule has 6 nitrogen and oxygen atoms in total. The fraction of sp³-hybridized carbons (Fsp3) is 0.571. The van der Waals surface area contributed by atoms with Crippen LogP contribution in [0.1, 0.15) is 49.7 Å². The maximum absolute atomic E-state index is 12.3. The van der Waals surface area contributed by atoms with E-state index in [9.17, 15) is 14.4 Å². The lowest BCUT2D eigenvalue weighted by atomic mass is 10.1. The summed E-state index contributed by atoms with van der Waals surface area (Å²) in [4.78, 5) is 38.4. The van der Waals surface area contributed by atoms with Crippen molar-refractivity contribution in [3.8, 4) is 0 Å². The maximum atomic E-state index is 12.3. The van der Waals surface area contributed by atoms with E-state index in [-0.39, 0.29) is 30.9 Å². The number of benzene rings is 1. The van der Waals surface area contributed by atoms with Crippen LogP contribution in [0.25, 0.3) is 0 Å². The van der Waals surface area contributed by atoms with Gasteiger partial charge in [0.2, 0.25) is 5.91 Å². The van der Waals surface area contributed by atoms with E-state index in [4.69, 9.17) is 4.74 Å². The van der Waals surface area contributed by atoms with E-state index in [0.29, 0.717) is 6.54 Å². The van der Waals surface area contributed by atoms with Crippen molar-refractivity contribution < 1.29 is 19.1 Å². The van der Waals surface area contributed by atoms with Gasteiger partial charge in [-0.05, 0) is 55.4 Å². The largest absolute Gasteiger partial charge is 0.455 e. The lowest BCUT2D eigenvalue weighted by Gasteiger charge is -2.23. The summed E-state index contributed by atoms with van der Waals surface area (Å²) in [5.41, 5.74) is 3.36. The Labute approximate surface area is 159 Å². The van der Waals surface area contributed by atoms with E-state index >= 15 is 0 Å². The van der Waals surface area contributed by atoms with E-state index in [1.54, 1.807) is 0 Å². The van der Waals surface area contributed by atoms with Gasteiger partial charge >= 0.3 is 5.97 Å². The Morgan fingerprint density at radius 3 is 2.70 bits per heavy atom. The summed E-state index contributed by atoms with van der Waals surface area (Å²) in [6.45, 7) is 0.110. The van der Waals surface area contributed by atoms with Gasteiger partial charge in [0.15, 0.2) is 6.61 Å². The van der Waals surface area contributed by atoms with Gasteiger partial charge in [0.05, 0.1) is 5.92 Å². The topological polar surface area (TPSA) is 75.7 Å². The number of rotatable bonds is 5. The van der Waals surface area contributed by atoms with E-state index in [0.717, 1.165) is 50.6 Å². The van der Waals surface area contributed by atoms with Crippen LogP contribution < -0.4 is 5.32 Å². The van der Waals surface area contributed by atoms with Crippen LogP contribution in [0.2, 0.25) is 0 Å². The highest BCUT2D eigenvalue weighted by Gasteiger charge is 2.39. The fourth-order valence-electron chi connectivity index (χ4n) is 4.56. The van der Waals surface area contributed by atoms with Crippen molar-refractivity contribution in [1.29, 1.82) is 0 Å². The van der Waals surface area contributed by atoms with Gasteiger partial charge in [0.25, 0.3) is 5.91 Å². The van der Waals surface area contributed by atoms with Gasteiger partial charge in [-0.25, -0.2) is 0 Å². The molecule has 2 amide bonds. The molecule has 0 aromatic heterocycles. The zero-order valence-electron chi connectivity index (χ0n) is 15.5. The number of nitrogens with zero attached hydrogens (tertiary/aromatic N) is 1. The first-order valence-electron chi connectivity index (χ1n) is 9.98. The quantitative estimate of drug-likeness (QED) is 0.808. The summed E-state index contributed by atoms with van der Waals surface area (Å²) in [7, 11) is 0. The minimum absolute atomic E-state index is 0.0337. The van der Waals surface area contributed by atoms with Gasteiger partial charge in [-0.3, -0.25) is 14.4 Å². The van der Waals surface area contributed by atoms with Crippen LogP contribution in [0.3, 0.4) is 0 Å². The number of aryl methyl sites for hydroxylation is 2. The lowest BCUT2D eigenvalue weighted by Crippen LogP contribution is -2.35. The van der Waals surface area contributed by atoms with Gasteiger partial charge in [-0.15, -0.1) is 0 Å². The Hall–Kier alpha value is -2.37. The third-order valence-corrected chi connectivity index (χ3v) is 5.99. The Morgan fingerprint density at radius 1 is 1.11 bits per heavy atom. The molecule has 2 fully saturated rings. The van der Waals surface area contributed by atoms with Crippen molar-refractivity contribution in [2.45, 2.75) is 57.4 Å². The highest BCUT2D eigenvalue weighted by atomic mass is 16.5. The maximum Gasteiger partial charge on any atom is 0.311 e. The molecule has 2 aliphatic carbocycles. The molecule has 1 heterocycles. The van der Waals surface area contributed by atoms with Crippen LogP contribution in [0.15, 0.2) is 18.2 Å². The van der Waals surface area contributed by atoms with Gasteiger partial charge < -0.3 is 15.0 Å². The molecule has 4 rings (SSSR count). The zero-order chi connectivity index (χ0) is 18.8.